The molecule has 0 saturated carbocycles. The fourth-order valence-electron chi connectivity index (χ4n) is 1.31. The van der Waals surface area contributed by atoms with Gasteiger partial charge in [0.1, 0.15) is 17.6 Å². The van der Waals surface area contributed by atoms with Crippen LogP contribution in [0.15, 0.2) is 18.2 Å². The van der Waals surface area contributed by atoms with Crippen molar-refractivity contribution in [2.24, 2.45) is 0 Å². The maximum absolute atomic E-state index is 10.3. The Kier molecular flexibility index (Phi) is 5.47. The first kappa shape index (κ1) is 14.3. The lowest BCUT2D eigenvalue weighted by Crippen LogP contribution is -2.21. The maximum atomic E-state index is 10.3. The van der Waals surface area contributed by atoms with Crippen LogP contribution in [-0.2, 0) is 10.3 Å². The second kappa shape index (κ2) is 6.87. The zero-order chi connectivity index (χ0) is 13.5. The minimum atomic E-state index is -2.38. The highest BCUT2D eigenvalue weighted by molar-refractivity contribution is 7.71. The summed E-state index contributed by atoms with van der Waals surface area (Å²) in [4.78, 5) is 0. The Morgan fingerprint density at radius 3 is 2.28 bits per heavy atom. The number of aliphatic hydroxyl groups excluding tert-OH is 1. The van der Waals surface area contributed by atoms with Crippen LogP contribution in [0, 0.1) is 0 Å². The summed E-state index contributed by atoms with van der Waals surface area (Å²) in [7, 11) is 0.679. The van der Waals surface area contributed by atoms with Gasteiger partial charge in [0.2, 0.25) is 10.3 Å². The summed E-state index contributed by atoms with van der Waals surface area (Å²) in [6, 6.07) is 5.13. The molecule has 0 radical (unpaired) electrons. The van der Waals surface area contributed by atoms with Crippen molar-refractivity contribution in [3.63, 3.8) is 0 Å². The highest BCUT2D eigenvalue weighted by Crippen LogP contribution is 2.25. The molecule has 0 aliphatic heterocycles. The molecular formula is C11H15NO5S. The summed E-state index contributed by atoms with van der Waals surface area (Å²) in [5.41, 5.74) is 0.662. The van der Waals surface area contributed by atoms with Gasteiger partial charge in [0.15, 0.2) is 0 Å². The fraction of sp³-hybridized carbons (Fsp3) is 0.364. The molecule has 1 unspecified atom stereocenters. The second-order valence-corrected chi connectivity index (χ2v) is 4.24. The van der Waals surface area contributed by atoms with E-state index in [0.29, 0.717) is 17.2 Å². The van der Waals surface area contributed by atoms with E-state index in [9.17, 15) is 13.5 Å². The van der Waals surface area contributed by atoms with Crippen LogP contribution < -0.4 is 14.8 Å². The fourth-order valence-corrected chi connectivity index (χ4v) is 1.66. The Morgan fingerprint density at radius 2 is 1.83 bits per heavy atom. The zero-order valence-electron chi connectivity index (χ0n) is 10.1. The van der Waals surface area contributed by atoms with Gasteiger partial charge < -0.3 is 19.9 Å². The average Bonchev–Trinajstić information content (AvgIpc) is 2.35. The molecule has 18 heavy (non-hydrogen) atoms. The lowest BCUT2D eigenvalue weighted by atomic mass is 10.2. The van der Waals surface area contributed by atoms with Gasteiger partial charge in [0.25, 0.3) is 0 Å². The zero-order valence-corrected chi connectivity index (χ0v) is 10.9. The number of hydrogen-bond donors (Lipinski definition) is 2. The largest absolute Gasteiger partial charge is 0.497 e. The number of rotatable bonds is 6. The molecule has 1 aromatic rings. The average molecular weight is 273 g/mol. The minimum absolute atomic E-state index is 0.0737. The smallest absolute Gasteiger partial charge is 0.212 e. The molecule has 1 atom stereocenters. The molecule has 0 saturated heterocycles. The van der Waals surface area contributed by atoms with Crippen LogP contribution in [-0.4, -0.2) is 45.8 Å². The Bertz CT molecular complexity index is 496. The Hall–Kier alpha value is -1.73. The molecule has 1 rings (SSSR count). The Balaban J connectivity index is 2.75. The number of anilines is 1. The number of methoxy groups -OCH3 is 2. The van der Waals surface area contributed by atoms with Gasteiger partial charge in [-0.3, -0.25) is 0 Å². The molecule has 100 valence electrons. The third-order valence-electron chi connectivity index (χ3n) is 2.13. The number of nitrogens with one attached hydrogen (secondary N) is 1. The summed E-state index contributed by atoms with van der Waals surface area (Å²) in [5, 5.41) is 13.1. The molecular weight excluding hydrogens is 258 g/mol. The van der Waals surface area contributed by atoms with Gasteiger partial charge in [0.05, 0.1) is 19.6 Å². The van der Waals surface area contributed by atoms with E-state index < -0.39 is 16.4 Å². The van der Waals surface area contributed by atoms with Crippen molar-refractivity contribution in [1.29, 1.82) is 0 Å². The van der Waals surface area contributed by atoms with Gasteiger partial charge in [0, 0.05) is 30.4 Å². The monoisotopic (exact) mass is 273 g/mol. The first-order valence-corrected chi connectivity index (χ1v) is 6.27. The topological polar surface area (TPSA) is 84.9 Å². The second-order valence-electron chi connectivity index (χ2n) is 3.45. The molecule has 0 bridgehead atoms. The van der Waals surface area contributed by atoms with Crippen LogP contribution in [0.1, 0.15) is 0 Å². The van der Waals surface area contributed by atoms with Gasteiger partial charge in [-0.15, -0.1) is 0 Å². The molecule has 0 spiro atoms. The van der Waals surface area contributed by atoms with Gasteiger partial charge in [-0.25, -0.2) is 0 Å². The van der Waals surface area contributed by atoms with Crippen molar-refractivity contribution in [3.05, 3.63) is 18.2 Å². The Labute approximate surface area is 107 Å². The predicted octanol–water partition coefficient (Wildman–Crippen LogP) is 0.158. The molecule has 0 aliphatic rings. The number of benzene rings is 1. The van der Waals surface area contributed by atoms with E-state index in [4.69, 9.17) is 9.47 Å². The van der Waals surface area contributed by atoms with E-state index in [0.717, 1.165) is 5.37 Å². The van der Waals surface area contributed by atoms with Crippen LogP contribution in [0.25, 0.3) is 0 Å². The quantitative estimate of drug-likeness (QED) is 0.718. The minimum Gasteiger partial charge on any atom is -0.497 e. The van der Waals surface area contributed by atoms with E-state index in [2.05, 4.69) is 5.32 Å². The van der Waals surface area contributed by atoms with E-state index in [1.54, 1.807) is 18.2 Å². The van der Waals surface area contributed by atoms with Gasteiger partial charge >= 0.3 is 0 Å². The van der Waals surface area contributed by atoms with Gasteiger partial charge in [-0.05, 0) is 0 Å². The summed E-state index contributed by atoms with van der Waals surface area (Å²) >= 11 is 0. The van der Waals surface area contributed by atoms with Crippen molar-refractivity contribution < 1.29 is 23.0 Å². The van der Waals surface area contributed by atoms with Crippen molar-refractivity contribution >= 4 is 21.3 Å². The van der Waals surface area contributed by atoms with Gasteiger partial charge in [-0.2, -0.15) is 8.42 Å². The van der Waals surface area contributed by atoms with Crippen LogP contribution in [0.2, 0.25) is 0 Å². The van der Waals surface area contributed by atoms with Crippen LogP contribution >= 0.6 is 0 Å². The van der Waals surface area contributed by atoms with E-state index in [1.807, 2.05) is 0 Å². The summed E-state index contributed by atoms with van der Waals surface area (Å²) in [5.74, 6) is 1.20. The van der Waals surface area contributed by atoms with Gasteiger partial charge in [-0.1, -0.05) is 0 Å². The van der Waals surface area contributed by atoms with E-state index in [-0.39, 0.29) is 6.54 Å². The van der Waals surface area contributed by atoms with Crippen LogP contribution in [0.5, 0.6) is 11.5 Å². The first-order valence-electron chi connectivity index (χ1n) is 5.13. The van der Waals surface area contributed by atoms with E-state index >= 15 is 0 Å². The molecule has 0 aromatic heterocycles. The maximum Gasteiger partial charge on any atom is 0.212 e. The number of hydrogen-bond acceptors (Lipinski definition) is 6. The van der Waals surface area contributed by atoms with Crippen molar-refractivity contribution in [3.8, 4) is 11.5 Å². The molecule has 7 heteroatoms. The van der Waals surface area contributed by atoms with E-state index in [1.165, 1.54) is 14.2 Å². The molecule has 0 fully saturated rings. The Morgan fingerprint density at radius 1 is 1.28 bits per heavy atom. The van der Waals surface area contributed by atoms with Crippen molar-refractivity contribution in [1.82, 2.24) is 0 Å². The SMILES string of the molecule is COc1cc(NCC(O)C=S(=O)=O)cc(OC)c1. The molecule has 0 amide bonds. The third kappa shape index (κ3) is 4.64. The number of ether oxygens (including phenoxy) is 2. The first-order chi connectivity index (χ1) is 8.55. The number of aliphatic hydroxyl groups is 1. The molecule has 6 nitrogen and oxygen atoms in total. The molecule has 0 heterocycles. The molecule has 2 N–H and O–H groups in total. The summed E-state index contributed by atoms with van der Waals surface area (Å²) in [6.07, 6.45) is -1.08. The summed E-state index contributed by atoms with van der Waals surface area (Å²) in [6.45, 7) is 0.0737. The molecule has 1 aromatic carbocycles. The normalized spacial score (nSPS) is 11.5. The molecule has 0 aliphatic carbocycles. The van der Waals surface area contributed by atoms with Crippen LogP contribution in [0.3, 0.4) is 0 Å². The lowest BCUT2D eigenvalue weighted by molar-refractivity contribution is 0.261. The standard InChI is InChI=1S/C11H15NO5S/c1-16-10-3-8(4-11(5-10)17-2)12-6-9(13)7-18(14)15/h3-5,7,9,12-13H,6H2,1-2H3. The lowest BCUT2D eigenvalue weighted by Gasteiger charge is -2.11. The highest BCUT2D eigenvalue weighted by Gasteiger charge is 2.04. The van der Waals surface area contributed by atoms with Crippen molar-refractivity contribution in [2.75, 3.05) is 26.1 Å². The predicted molar refractivity (Wildman–Crippen MR) is 69.0 cm³/mol. The third-order valence-corrected chi connectivity index (χ3v) is 2.67. The van der Waals surface area contributed by atoms with Crippen LogP contribution in [0.4, 0.5) is 5.69 Å². The van der Waals surface area contributed by atoms with Crippen molar-refractivity contribution in [2.45, 2.75) is 6.10 Å². The summed E-state index contributed by atoms with van der Waals surface area (Å²) < 4.78 is 30.8. The highest BCUT2D eigenvalue weighted by atomic mass is 32.2.